The molecule has 1 rings (SSSR count). The van der Waals surface area contributed by atoms with Gasteiger partial charge in [0.25, 0.3) is 0 Å². The van der Waals surface area contributed by atoms with Crippen LogP contribution in [0.2, 0.25) is 0 Å². The summed E-state index contributed by atoms with van der Waals surface area (Å²) < 4.78 is 18.6. The van der Waals surface area contributed by atoms with Gasteiger partial charge in [-0.15, -0.1) is 0 Å². The third kappa shape index (κ3) is 8.62. The Morgan fingerprint density at radius 2 is 2.05 bits per heavy atom. The van der Waals surface area contributed by atoms with Gasteiger partial charge in [0.15, 0.2) is 5.96 Å². The van der Waals surface area contributed by atoms with E-state index in [1.807, 2.05) is 6.07 Å². The van der Waals surface area contributed by atoms with Gasteiger partial charge in [-0.3, -0.25) is 4.99 Å². The van der Waals surface area contributed by atoms with E-state index in [-0.39, 0.29) is 5.82 Å². The van der Waals surface area contributed by atoms with E-state index in [1.54, 1.807) is 19.2 Å². The molecule has 0 atom stereocenters. The van der Waals surface area contributed by atoms with E-state index in [1.165, 1.54) is 6.07 Å². The molecule has 1 aromatic carbocycles. The monoisotopic (exact) mass is 309 g/mol. The van der Waals surface area contributed by atoms with Crippen molar-refractivity contribution in [3.8, 4) is 0 Å². The maximum absolute atomic E-state index is 13.1. The molecule has 0 aromatic heterocycles. The molecule has 0 bridgehead atoms. The highest BCUT2D eigenvalue weighted by atomic mass is 19.1. The van der Waals surface area contributed by atoms with Gasteiger partial charge in [-0.1, -0.05) is 26.0 Å². The van der Waals surface area contributed by atoms with Crippen LogP contribution in [0.1, 0.15) is 25.8 Å². The Morgan fingerprint density at radius 1 is 1.27 bits per heavy atom. The van der Waals surface area contributed by atoms with Crippen LogP contribution in [0.5, 0.6) is 0 Å². The predicted molar refractivity (Wildman–Crippen MR) is 89.7 cm³/mol. The largest absolute Gasteiger partial charge is 0.381 e. The highest BCUT2D eigenvalue weighted by molar-refractivity contribution is 5.79. The van der Waals surface area contributed by atoms with Gasteiger partial charge in [0.2, 0.25) is 0 Å². The van der Waals surface area contributed by atoms with E-state index in [0.29, 0.717) is 12.5 Å². The number of halogens is 1. The molecule has 0 saturated carbocycles. The molecular formula is C17H28FN3O. The molecule has 0 amide bonds. The van der Waals surface area contributed by atoms with Gasteiger partial charge in [-0.05, 0) is 36.5 Å². The van der Waals surface area contributed by atoms with Gasteiger partial charge >= 0.3 is 0 Å². The number of nitrogens with one attached hydrogen (secondary N) is 2. The van der Waals surface area contributed by atoms with Crippen molar-refractivity contribution in [3.05, 3.63) is 35.6 Å². The van der Waals surface area contributed by atoms with Crippen LogP contribution in [-0.4, -0.2) is 39.3 Å². The molecule has 0 heterocycles. The van der Waals surface area contributed by atoms with Crippen molar-refractivity contribution in [2.45, 2.75) is 26.7 Å². The minimum Gasteiger partial charge on any atom is -0.381 e. The van der Waals surface area contributed by atoms with Crippen molar-refractivity contribution in [2.75, 3.05) is 33.4 Å². The minimum atomic E-state index is -0.193. The molecule has 124 valence electrons. The van der Waals surface area contributed by atoms with Crippen LogP contribution in [0, 0.1) is 11.7 Å². The molecule has 4 nitrogen and oxygen atoms in total. The fraction of sp³-hybridized carbons (Fsp3) is 0.588. The zero-order valence-corrected chi connectivity index (χ0v) is 13.9. The van der Waals surface area contributed by atoms with Crippen LogP contribution >= 0.6 is 0 Å². The quantitative estimate of drug-likeness (QED) is 0.419. The summed E-state index contributed by atoms with van der Waals surface area (Å²) in [6.45, 7) is 7.38. The average Bonchev–Trinajstić information content (AvgIpc) is 2.48. The van der Waals surface area contributed by atoms with E-state index in [9.17, 15) is 4.39 Å². The highest BCUT2D eigenvalue weighted by Crippen LogP contribution is 2.03. The summed E-state index contributed by atoms with van der Waals surface area (Å²) in [5.41, 5.74) is 0.977. The van der Waals surface area contributed by atoms with Gasteiger partial charge in [0, 0.05) is 33.4 Å². The minimum absolute atomic E-state index is 0.193. The number of nitrogens with zero attached hydrogens (tertiary/aromatic N) is 1. The van der Waals surface area contributed by atoms with Gasteiger partial charge < -0.3 is 15.4 Å². The molecule has 0 saturated heterocycles. The number of guanidine groups is 1. The topological polar surface area (TPSA) is 45.7 Å². The van der Waals surface area contributed by atoms with E-state index in [0.717, 1.165) is 44.1 Å². The molecule has 5 heteroatoms. The molecule has 0 aliphatic rings. The van der Waals surface area contributed by atoms with E-state index in [4.69, 9.17) is 4.74 Å². The fourth-order valence-electron chi connectivity index (χ4n) is 1.94. The van der Waals surface area contributed by atoms with Gasteiger partial charge in [-0.2, -0.15) is 0 Å². The molecule has 1 aromatic rings. The van der Waals surface area contributed by atoms with Gasteiger partial charge in [0.05, 0.1) is 0 Å². The summed E-state index contributed by atoms with van der Waals surface area (Å²) in [6, 6.07) is 6.67. The van der Waals surface area contributed by atoms with Crippen molar-refractivity contribution in [3.63, 3.8) is 0 Å². The number of benzene rings is 1. The summed E-state index contributed by atoms with van der Waals surface area (Å²) in [5, 5.41) is 6.46. The van der Waals surface area contributed by atoms with Crippen LogP contribution in [0.15, 0.2) is 29.3 Å². The Hall–Kier alpha value is -1.62. The Balaban J connectivity index is 2.12. The molecule has 0 fully saturated rings. The molecule has 22 heavy (non-hydrogen) atoms. The molecule has 0 unspecified atom stereocenters. The number of rotatable bonds is 9. The second kappa shape index (κ2) is 11.0. The smallest absolute Gasteiger partial charge is 0.190 e. The summed E-state index contributed by atoms with van der Waals surface area (Å²) in [7, 11) is 1.74. The van der Waals surface area contributed by atoms with Crippen LogP contribution in [-0.2, 0) is 11.2 Å². The summed E-state index contributed by atoms with van der Waals surface area (Å²) in [4.78, 5) is 4.16. The van der Waals surface area contributed by atoms with Crippen LogP contribution in [0.4, 0.5) is 4.39 Å². The maximum Gasteiger partial charge on any atom is 0.190 e. The Bertz CT molecular complexity index is 449. The van der Waals surface area contributed by atoms with Gasteiger partial charge in [0.1, 0.15) is 5.82 Å². The van der Waals surface area contributed by atoms with Crippen LogP contribution in [0.3, 0.4) is 0 Å². The standard InChI is InChI=1S/C17H28FN3O/c1-14(2)13-22-11-5-9-20-17(19-3)21-10-8-15-6-4-7-16(18)12-15/h4,6-7,12,14H,5,8-11,13H2,1-3H3,(H2,19,20,21). The SMILES string of the molecule is CN=C(NCCCOCC(C)C)NCCc1cccc(F)c1. The van der Waals surface area contributed by atoms with Crippen molar-refractivity contribution in [2.24, 2.45) is 10.9 Å². The first-order valence-electron chi connectivity index (χ1n) is 7.88. The number of hydrogen-bond acceptors (Lipinski definition) is 2. The summed E-state index contributed by atoms with van der Waals surface area (Å²) in [5.74, 6) is 1.15. The van der Waals surface area contributed by atoms with E-state index in [2.05, 4.69) is 29.5 Å². The number of aliphatic imine (C=N–C) groups is 1. The van der Waals surface area contributed by atoms with Crippen LogP contribution in [0.25, 0.3) is 0 Å². The van der Waals surface area contributed by atoms with Crippen molar-refractivity contribution < 1.29 is 9.13 Å². The third-order valence-corrected chi connectivity index (χ3v) is 3.03. The number of hydrogen-bond donors (Lipinski definition) is 2. The van der Waals surface area contributed by atoms with E-state index >= 15 is 0 Å². The normalized spacial score (nSPS) is 11.8. The lowest BCUT2D eigenvalue weighted by atomic mass is 10.1. The van der Waals surface area contributed by atoms with Crippen molar-refractivity contribution >= 4 is 5.96 Å². The molecular weight excluding hydrogens is 281 g/mol. The Morgan fingerprint density at radius 3 is 2.73 bits per heavy atom. The van der Waals surface area contributed by atoms with Crippen LogP contribution < -0.4 is 10.6 Å². The first kappa shape index (κ1) is 18.4. The Kier molecular flexibility index (Phi) is 9.23. The lowest BCUT2D eigenvalue weighted by Gasteiger charge is -2.12. The zero-order chi connectivity index (χ0) is 16.2. The Labute approximate surface area is 133 Å². The number of ether oxygens (including phenoxy) is 1. The van der Waals surface area contributed by atoms with Gasteiger partial charge in [-0.25, -0.2) is 4.39 Å². The predicted octanol–water partition coefficient (Wildman–Crippen LogP) is 2.60. The van der Waals surface area contributed by atoms with Crippen molar-refractivity contribution in [1.29, 1.82) is 0 Å². The lowest BCUT2D eigenvalue weighted by Crippen LogP contribution is -2.39. The first-order valence-corrected chi connectivity index (χ1v) is 7.88. The lowest BCUT2D eigenvalue weighted by molar-refractivity contribution is 0.108. The maximum atomic E-state index is 13.1. The molecule has 0 aliphatic carbocycles. The molecule has 2 N–H and O–H groups in total. The molecule has 0 radical (unpaired) electrons. The third-order valence-electron chi connectivity index (χ3n) is 3.03. The highest BCUT2D eigenvalue weighted by Gasteiger charge is 1.99. The summed E-state index contributed by atoms with van der Waals surface area (Å²) >= 11 is 0. The summed E-state index contributed by atoms with van der Waals surface area (Å²) in [6.07, 6.45) is 1.70. The second-order valence-corrected chi connectivity index (χ2v) is 5.63. The average molecular weight is 309 g/mol. The fourth-order valence-corrected chi connectivity index (χ4v) is 1.94. The second-order valence-electron chi connectivity index (χ2n) is 5.63. The van der Waals surface area contributed by atoms with E-state index < -0.39 is 0 Å². The molecule has 0 spiro atoms. The zero-order valence-electron chi connectivity index (χ0n) is 13.9. The van der Waals surface area contributed by atoms with Crippen molar-refractivity contribution in [1.82, 2.24) is 10.6 Å². The first-order chi connectivity index (χ1) is 10.6. The molecule has 0 aliphatic heterocycles.